The third-order valence-electron chi connectivity index (χ3n) is 3.72. The molecule has 25 heavy (non-hydrogen) atoms. The summed E-state index contributed by atoms with van der Waals surface area (Å²) in [6.45, 7) is -0.395. The van der Waals surface area contributed by atoms with Crippen molar-refractivity contribution in [2.45, 2.75) is 0 Å². The second-order valence-corrected chi connectivity index (χ2v) is 5.37. The van der Waals surface area contributed by atoms with E-state index in [9.17, 15) is 19.7 Å². The highest BCUT2D eigenvalue weighted by Gasteiger charge is 2.13. The van der Waals surface area contributed by atoms with E-state index in [2.05, 4.69) is 0 Å². The molecule has 0 spiro atoms. The molecule has 0 heterocycles. The number of fused-ring (bicyclic) bond motifs is 1. The van der Waals surface area contributed by atoms with E-state index >= 15 is 0 Å². The van der Waals surface area contributed by atoms with Gasteiger partial charge in [0.15, 0.2) is 12.4 Å². The van der Waals surface area contributed by atoms with Crippen LogP contribution in [0.25, 0.3) is 10.8 Å². The first-order valence-electron chi connectivity index (χ1n) is 7.48. The van der Waals surface area contributed by atoms with E-state index in [1.165, 1.54) is 24.3 Å². The number of ketones is 1. The number of esters is 1. The smallest absolute Gasteiger partial charge is 0.338 e. The number of hydrogen-bond donors (Lipinski definition) is 0. The summed E-state index contributed by atoms with van der Waals surface area (Å²) in [5.74, 6) is -1.02. The maximum atomic E-state index is 12.2. The van der Waals surface area contributed by atoms with Gasteiger partial charge in [-0.25, -0.2) is 4.79 Å². The molecule has 0 radical (unpaired) electrons. The Morgan fingerprint density at radius 3 is 2.20 bits per heavy atom. The van der Waals surface area contributed by atoms with Crippen LogP contribution < -0.4 is 0 Å². The molecule has 0 atom stereocenters. The summed E-state index contributed by atoms with van der Waals surface area (Å²) in [7, 11) is 0. The van der Waals surface area contributed by atoms with Gasteiger partial charge in [-0.1, -0.05) is 36.4 Å². The Kier molecular flexibility index (Phi) is 4.52. The number of benzene rings is 3. The van der Waals surface area contributed by atoms with Crippen LogP contribution in [-0.4, -0.2) is 23.3 Å². The van der Waals surface area contributed by atoms with E-state index in [0.29, 0.717) is 5.56 Å². The largest absolute Gasteiger partial charge is 0.454 e. The van der Waals surface area contributed by atoms with Crippen LogP contribution >= 0.6 is 0 Å². The van der Waals surface area contributed by atoms with Gasteiger partial charge in [-0.05, 0) is 29.0 Å². The van der Waals surface area contributed by atoms with Gasteiger partial charge in [0, 0.05) is 17.7 Å². The fraction of sp³-hybridized carbons (Fsp3) is 0.0526. The first-order chi connectivity index (χ1) is 12.0. The Bertz CT molecular complexity index is 963. The molecule has 0 amide bonds. The minimum atomic E-state index is -0.705. The molecule has 124 valence electrons. The average molecular weight is 335 g/mol. The van der Waals surface area contributed by atoms with Crippen molar-refractivity contribution in [1.29, 1.82) is 0 Å². The Morgan fingerprint density at radius 1 is 0.880 bits per heavy atom. The lowest BCUT2D eigenvalue weighted by Crippen LogP contribution is -2.14. The Balaban J connectivity index is 1.66. The molecule has 3 rings (SSSR count). The van der Waals surface area contributed by atoms with Gasteiger partial charge in [0.1, 0.15) is 0 Å². The minimum Gasteiger partial charge on any atom is -0.454 e. The molecule has 3 aromatic carbocycles. The number of nitrogens with zero attached hydrogens (tertiary/aromatic N) is 1. The van der Waals surface area contributed by atoms with E-state index in [1.807, 2.05) is 30.3 Å². The van der Waals surface area contributed by atoms with E-state index < -0.39 is 17.5 Å². The second kappa shape index (κ2) is 6.92. The van der Waals surface area contributed by atoms with Crippen LogP contribution in [0.4, 0.5) is 5.69 Å². The highest BCUT2D eigenvalue weighted by molar-refractivity contribution is 6.02. The molecule has 0 fully saturated rings. The molecule has 0 aliphatic carbocycles. The summed E-state index contributed by atoms with van der Waals surface area (Å²) in [5.41, 5.74) is 0.482. The van der Waals surface area contributed by atoms with Crippen molar-refractivity contribution in [3.63, 3.8) is 0 Å². The lowest BCUT2D eigenvalue weighted by Gasteiger charge is -2.05. The van der Waals surface area contributed by atoms with Crippen molar-refractivity contribution >= 4 is 28.2 Å². The van der Waals surface area contributed by atoms with Crippen LogP contribution in [0.3, 0.4) is 0 Å². The standard InChI is InChI=1S/C19H13NO5/c21-18(16-6-5-13-3-1-2-4-15(13)11-16)12-25-19(22)14-7-9-17(10-8-14)20(23)24/h1-11H,12H2. The minimum absolute atomic E-state index is 0.121. The fourth-order valence-corrected chi connectivity index (χ4v) is 2.38. The van der Waals surface area contributed by atoms with Crippen LogP contribution in [0.5, 0.6) is 0 Å². The molecule has 0 aromatic heterocycles. The van der Waals surface area contributed by atoms with Crippen molar-refractivity contribution in [3.05, 3.63) is 88.0 Å². The molecular formula is C19H13NO5. The Labute approximate surface area is 142 Å². The number of rotatable bonds is 5. The molecule has 3 aromatic rings. The van der Waals surface area contributed by atoms with Crippen LogP contribution in [0.15, 0.2) is 66.7 Å². The lowest BCUT2D eigenvalue weighted by molar-refractivity contribution is -0.384. The maximum absolute atomic E-state index is 12.2. The number of hydrogen-bond acceptors (Lipinski definition) is 5. The van der Waals surface area contributed by atoms with Crippen molar-refractivity contribution in [1.82, 2.24) is 0 Å². The Hall–Kier alpha value is -3.54. The number of Topliss-reactive ketones (excluding diaryl/α,β-unsaturated/α-hetero) is 1. The molecule has 0 aliphatic heterocycles. The number of nitro groups is 1. The first-order valence-corrected chi connectivity index (χ1v) is 7.48. The van der Waals surface area contributed by atoms with Crippen molar-refractivity contribution in [2.75, 3.05) is 6.61 Å². The first kappa shape index (κ1) is 16.3. The van der Waals surface area contributed by atoms with Crippen LogP contribution in [0.2, 0.25) is 0 Å². The monoisotopic (exact) mass is 335 g/mol. The molecule has 6 nitrogen and oxygen atoms in total. The molecular weight excluding hydrogens is 322 g/mol. The third-order valence-corrected chi connectivity index (χ3v) is 3.72. The van der Waals surface area contributed by atoms with Crippen LogP contribution in [-0.2, 0) is 4.74 Å². The highest BCUT2D eigenvalue weighted by atomic mass is 16.6. The van der Waals surface area contributed by atoms with Gasteiger partial charge >= 0.3 is 5.97 Å². The number of nitro benzene ring substituents is 1. The van der Waals surface area contributed by atoms with Gasteiger partial charge in [-0.15, -0.1) is 0 Å². The van der Waals surface area contributed by atoms with Crippen molar-refractivity contribution in [2.24, 2.45) is 0 Å². The topological polar surface area (TPSA) is 86.5 Å². The number of carbonyl (C=O) groups excluding carboxylic acids is 2. The third kappa shape index (κ3) is 3.69. The summed E-state index contributed by atoms with van der Waals surface area (Å²) >= 11 is 0. The summed E-state index contributed by atoms with van der Waals surface area (Å²) in [4.78, 5) is 34.2. The van der Waals surface area contributed by atoms with E-state index in [4.69, 9.17) is 4.74 Å². The maximum Gasteiger partial charge on any atom is 0.338 e. The van der Waals surface area contributed by atoms with E-state index in [0.717, 1.165) is 10.8 Å². The zero-order valence-electron chi connectivity index (χ0n) is 13.0. The van der Waals surface area contributed by atoms with E-state index in [1.54, 1.807) is 12.1 Å². The van der Waals surface area contributed by atoms with E-state index in [-0.39, 0.29) is 17.0 Å². The molecule has 6 heteroatoms. The molecule has 0 saturated carbocycles. The SMILES string of the molecule is O=C(COC(=O)c1ccc([N+](=O)[O-])cc1)c1ccc2ccccc2c1. The summed E-state index contributed by atoms with van der Waals surface area (Å²) in [5, 5.41) is 12.5. The molecule has 0 saturated heterocycles. The van der Waals surface area contributed by atoms with Crippen molar-refractivity contribution < 1.29 is 19.2 Å². The quantitative estimate of drug-likeness (QED) is 0.306. The van der Waals surface area contributed by atoms with Gasteiger partial charge in [0.2, 0.25) is 0 Å². The van der Waals surface area contributed by atoms with Gasteiger partial charge in [-0.3, -0.25) is 14.9 Å². The van der Waals surface area contributed by atoms with Gasteiger partial charge in [0.05, 0.1) is 10.5 Å². The molecule has 0 bridgehead atoms. The average Bonchev–Trinajstić information content (AvgIpc) is 2.65. The summed E-state index contributed by atoms with van der Waals surface area (Å²) in [6.07, 6.45) is 0. The summed E-state index contributed by atoms with van der Waals surface area (Å²) < 4.78 is 5.00. The molecule has 0 aliphatic rings. The number of non-ortho nitro benzene ring substituents is 1. The predicted octanol–water partition coefficient (Wildman–Crippen LogP) is 3.79. The molecule has 0 N–H and O–H groups in total. The Morgan fingerprint density at radius 2 is 1.52 bits per heavy atom. The van der Waals surface area contributed by atoms with Gasteiger partial charge in [0.25, 0.3) is 5.69 Å². The zero-order chi connectivity index (χ0) is 17.8. The fourth-order valence-electron chi connectivity index (χ4n) is 2.38. The van der Waals surface area contributed by atoms with Crippen LogP contribution in [0.1, 0.15) is 20.7 Å². The predicted molar refractivity (Wildman–Crippen MR) is 91.7 cm³/mol. The lowest BCUT2D eigenvalue weighted by atomic mass is 10.0. The highest BCUT2D eigenvalue weighted by Crippen LogP contribution is 2.16. The molecule has 0 unspecified atom stereocenters. The number of ether oxygens (including phenoxy) is 1. The zero-order valence-corrected chi connectivity index (χ0v) is 13.0. The normalized spacial score (nSPS) is 10.4. The van der Waals surface area contributed by atoms with Crippen LogP contribution in [0, 0.1) is 10.1 Å². The number of carbonyl (C=O) groups is 2. The second-order valence-electron chi connectivity index (χ2n) is 5.37. The summed E-state index contributed by atoms with van der Waals surface area (Å²) in [6, 6.07) is 17.9. The van der Waals surface area contributed by atoms with Gasteiger partial charge < -0.3 is 4.74 Å². The van der Waals surface area contributed by atoms with Gasteiger partial charge in [-0.2, -0.15) is 0 Å². The van der Waals surface area contributed by atoms with Crippen molar-refractivity contribution in [3.8, 4) is 0 Å².